The lowest BCUT2D eigenvalue weighted by atomic mass is 10.0. The van der Waals surface area contributed by atoms with Gasteiger partial charge in [-0.15, -0.1) is 0 Å². The average Bonchev–Trinajstić information content (AvgIpc) is 2.30. The number of benzene rings is 2. The highest BCUT2D eigenvalue weighted by molar-refractivity contribution is 5.83. The SMILES string of the molecule is Cc1ccccc1-c1ccc(NC(=O)O)cc1. The van der Waals surface area contributed by atoms with E-state index in [1.54, 1.807) is 12.1 Å². The fourth-order valence-electron chi connectivity index (χ4n) is 1.75. The van der Waals surface area contributed by atoms with Crippen LogP contribution in [0.3, 0.4) is 0 Å². The normalized spacial score (nSPS) is 9.94. The first-order valence-electron chi connectivity index (χ1n) is 5.33. The van der Waals surface area contributed by atoms with Crippen LogP contribution in [-0.2, 0) is 0 Å². The third-order valence-electron chi connectivity index (χ3n) is 2.59. The minimum absolute atomic E-state index is 0.579. The summed E-state index contributed by atoms with van der Waals surface area (Å²) in [7, 11) is 0. The van der Waals surface area contributed by atoms with Crippen LogP contribution in [0.2, 0.25) is 0 Å². The zero-order chi connectivity index (χ0) is 12.3. The van der Waals surface area contributed by atoms with Crippen LogP contribution in [0.4, 0.5) is 10.5 Å². The molecule has 1 amide bonds. The van der Waals surface area contributed by atoms with Gasteiger partial charge in [-0.25, -0.2) is 4.79 Å². The molecule has 0 unspecified atom stereocenters. The smallest absolute Gasteiger partial charge is 0.409 e. The number of nitrogens with one attached hydrogen (secondary N) is 1. The Kier molecular flexibility index (Phi) is 3.10. The van der Waals surface area contributed by atoms with E-state index in [0.717, 1.165) is 11.1 Å². The molecule has 3 heteroatoms. The molecule has 3 nitrogen and oxygen atoms in total. The maximum absolute atomic E-state index is 10.5. The average molecular weight is 227 g/mol. The lowest BCUT2D eigenvalue weighted by Gasteiger charge is -2.06. The second-order valence-corrected chi connectivity index (χ2v) is 3.82. The maximum Gasteiger partial charge on any atom is 0.409 e. The van der Waals surface area contributed by atoms with Gasteiger partial charge in [0.2, 0.25) is 0 Å². The Labute approximate surface area is 99.7 Å². The summed E-state index contributed by atoms with van der Waals surface area (Å²) in [4.78, 5) is 10.5. The van der Waals surface area contributed by atoms with E-state index in [0.29, 0.717) is 5.69 Å². The van der Waals surface area contributed by atoms with Crippen molar-refractivity contribution in [2.75, 3.05) is 5.32 Å². The van der Waals surface area contributed by atoms with E-state index in [9.17, 15) is 4.79 Å². The van der Waals surface area contributed by atoms with E-state index >= 15 is 0 Å². The molecule has 0 aliphatic heterocycles. The number of carbonyl (C=O) groups is 1. The molecule has 0 aromatic heterocycles. The van der Waals surface area contributed by atoms with Crippen LogP contribution < -0.4 is 5.32 Å². The van der Waals surface area contributed by atoms with Crippen LogP contribution >= 0.6 is 0 Å². The van der Waals surface area contributed by atoms with Crippen molar-refractivity contribution in [2.24, 2.45) is 0 Å². The molecule has 2 N–H and O–H groups in total. The Bertz CT molecular complexity index is 532. The van der Waals surface area contributed by atoms with Crippen molar-refractivity contribution >= 4 is 11.8 Å². The molecule has 86 valence electrons. The molecule has 0 heterocycles. The molecule has 0 aliphatic rings. The van der Waals surface area contributed by atoms with Gasteiger partial charge in [0.15, 0.2) is 0 Å². The molecule has 0 bridgehead atoms. The van der Waals surface area contributed by atoms with Crippen LogP contribution in [0.25, 0.3) is 11.1 Å². The molecule has 2 aromatic carbocycles. The fourth-order valence-corrected chi connectivity index (χ4v) is 1.75. The van der Waals surface area contributed by atoms with Gasteiger partial charge in [-0.3, -0.25) is 5.32 Å². The minimum atomic E-state index is -1.05. The molecule has 0 spiro atoms. The summed E-state index contributed by atoms with van der Waals surface area (Å²) in [5.41, 5.74) is 4.02. The molecule has 0 saturated heterocycles. The molecule has 2 rings (SSSR count). The van der Waals surface area contributed by atoms with Crippen LogP contribution in [0, 0.1) is 6.92 Å². The Morgan fingerprint density at radius 2 is 1.71 bits per heavy atom. The number of amides is 1. The number of rotatable bonds is 2. The van der Waals surface area contributed by atoms with E-state index in [2.05, 4.69) is 24.4 Å². The van der Waals surface area contributed by atoms with Gasteiger partial charge >= 0.3 is 6.09 Å². The quantitative estimate of drug-likeness (QED) is 0.820. The van der Waals surface area contributed by atoms with Gasteiger partial charge in [0, 0.05) is 5.69 Å². The number of carboxylic acid groups (broad SMARTS) is 1. The number of aryl methyl sites for hydroxylation is 1. The fraction of sp³-hybridized carbons (Fsp3) is 0.0714. The topological polar surface area (TPSA) is 49.3 Å². The van der Waals surface area contributed by atoms with Crippen molar-refractivity contribution in [3.63, 3.8) is 0 Å². The Balaban J connectivity index is 2.30. The number of anilines is 1. The molecular formula is C14H13NO2. The maximum atomic E-state index is 10.5. The first-order chi connectivity index (χ1) is 8.16. The second-order valence-electron chi connectivity index (χ2n) is 3.82. The number of hydrogen-bond donors (Lipinski definition) is 2. The van der Waals surface area contributed by atoms with E-state index < -0.39 is 6.09 Å². The predicted octanol–water partition coefficient (Wildman–Crippen LogP) is 3.75. The molecule has 0 atom stereocenters. The van der Waals surface area contributed by atoms with E-state index in [-0.39, 0.29) is 0 Å². The van der Waals surface area contributed by atoms with Crippen molar-refractivity contribution in [1.29, 1.82) is 0 Å². The van der Waals surface area contributed by atoms with Crippen LogP contribution in [0.15, 0.2) is 48.5 Å². The standard InChI is InChI=1S/C14H13NO2/c1-10-4-2-3-5-13(10)11-6-8-12(9-7-11)15-14(16)17/h2-9,15H,1H3,(H,16,17). The lowest BCUT2D eigenvalue weighted by molar-refractivity contribution is 0.210. The van der Waals surface area contributed by atoms with Gasteiger partial charge < -0.3 is 5.11 Å². The Morgan fingerprint density at radius 3 is 2.29 bits per heavy atom. The summed E-state index contributed by atoms with van der Waals surface area (Å²) in [6.45, 7) is 2.05. The summed E-state index contributed by atoms with van der Waals surface area (Å²) >= 11 is 0. The van der Waals surface area contributed by atoms with Gasteiger partial charge in [-0.05, 0) is 35.7 Å². The molecule has 0 aliphatic carbocycles. The largest absolute Gasteiger partial charge is 0.465 e. The summed E-state index contributed by atoms with van der Waals surface area (Å²) in [5, 5.41) is 10.9. The van der Waals surface area contributed by atoms with Crippen molar-refractivity contribution < 1.29 is 9.90 Å². The zero-order valence-corrected chi connectivity index (χ0v) is 9.47. The third-order valence-corrected chi connectivity index (χ3v) is 2.59. The van der Waals surface area contributed by atoms with Gasteiger partial charge in [-0.2, -0.15) is 0 Å². The zero-order valence-electron chi connectivity index (χ0n) is 9.47. The minimum Gasteiger partial charge on any atom is -0.465 e. The molecule has 0 radical (unpaired) electrons. The monoisotopic (exact) mass is 227 g/mol. The van der Waals surface area contributed by atoms with Crippen LogP contribution in [0.1, 0.15) is 5.56 Å². The summed E-state index contributed by atoms with van der Waals surface area (Å²) < 4.78 is 0. The molecule has 17 heavy (non-hydrogen) atoms. The van der Waals surface area contributed by atoms with E-state index in [1.807, 2.05) is 24.3 Å². The molecular weight excluding hydrogens is 214 g/mol. The summed E-state index contributed by atoms with van der Waals surface area (Å²) in [6.07, 6.45) is -1.05. The van der Waals surface area contributed by atoms with Crippen molar-refractivity contribution in [3.05, 3.63) is 54.1 Å². The lowest BCUT2D eigenvalue weighted by Crippen LogP contribution is -2.06. The van der Waals surface area contributed by atoms with Gasteiger partial charge in [0.05, 0.1) is 0 Å². The molecule has 0 fully saturated rings. The second kappa shape index (κ2) is 4.70. The van der Waals surface area contributed by atoms with Crippen molar-refractivity contribution in [2.45, 2.75) is 6.92 Å². The van der Waals surface area contributed by atoms with Crippen LogP contribution in [0.5, 0.6) is 0 Å². The Hall–Kier alpha value is -2.29. The number of hydrogen-bond acceptors (Lipinski definition) is 1. The van der Waals surface area contributed by atoms with Crippen molar-refractivity contribution in [3.8, 4) is 11.1 Å². The summed E-state index contributed by atoms with van der Waals surface area (Å²) in [6, 6.07) is 15.4. The first-order valence-corrected chi connectivity index (χ1v) is 5.33. The first kappa shape index (κ1) is 11.2. The van der Waals surface area contributed by atoms with Gasteiger partial charge in [0.1, 0.15) is 0 Å². The predicted molar refractivity (Wildman–Crippen MR) is 68.3 cm³/mol. The molecule has 0 saturated carbocycles. The third kappa shape index (κ3) is 2.64. The highest BCUT2D eigenvalue weighted by Gasteiger charge is 2.02. The van der Waals surface area contributed by atoms with Crippen LogP contribution in [-0.4, -0.2) is 11.2 Å². The summed E-state index contributed by atoms with van der Waals surface area (Å²) in [5.74, 6) is 0. The van der Waals surface area contributed by atoms with Gasteiger partial charge in [0.25, 0.3) is 0 Å². The Morgan fingerprint density at radius 1 is 1.06 bits per heavy atom. The molecule has 2 aromatic rings. The highest BCUT2D eigenvalue weighted by Crippen LogP contribution is 2.24. The van der Waals surface area contributed by atoms with E-state index in [4.69, 9.17) is 5.11 Å². The highest BCUT2D eigenvalue weighted by atomic mass is 16.4. The van der Waals surface area contributed by atoms with Gasteiger partial charge in [-0.1, -0.05) is 36.4 Å². The van der Waals surface area contributed by atoms with Crippen molar-refractivity contribution in [1.82, 2.24) is 0 Å². The van der Waals surface area contributed by atoms with E-state index in [1.165, 1.54) is 5.56 Å².